The molecule has 0 atom stereocenters. The predicted octanol–water partition coefficient (Wildman–Crippen LogP) is 3.13. The van der Waals surface area contributed by atoms with Crippen molar-refractivity contribution in [3.05, 3.63) is 22.4 Å². The molecule has 2 rings (SSSR count). The normalized spacial score (nSPS) is 18.0. The van der Waals surface area contributed by atoms with Gasteiger partial charge in [0.15, 0.2) is 0 Å². The fourth-order valence-corrected chi connectivity index (χ4v) is 2.95. The highest BCUT2D eigenvalue weighted by Crippen LogP contribution is 2.17. The molecule has 0 spiro atoms. The molecule has 2 nitrogen and oxygen atoms in total. The topological polar surface area (TPSA) is 29.1 Å². The summed E-state index contributed by atoms with van der Waals surface area (Å²) in [5.41, 5.74) is 1.14. The van der Waals surface area contributed by atoms with Gasteiger partial charge in [0.2, 0.25) is 5.91 Å². The quantitative estimate of drug-likeness (QED) is 0.804. The zero-order valence-electron chi connectivity index (χ0n) is 9.58. The Balaban J connectivity index is 1.77. The van der Waals surface area contributed by atoms with Crippen molar-refractivity contribution in [3.8, 4) is 0 Å². The van der Waals surface area contributed by atoms with Crippen LogP contribution < -0.4 is 5.32 Å². The van der Waals surface area contributed by atoms with E-state index in [0.29, 0.717) is 12.5 Å². The third-order valence-corrected chi connectivity index (χ3v) is 3.90. The van der Waals surface area contributed by atoms with Gasteiger partial charge in [-0.2, -0.15) is 11.3 Å². The van der Waals surface area contributed by atoms with E-state index in [1.54, 1.807) is 11.3 Å². The number of nitrogens with one attached hydrogen (secondary N) is 1. The van der Waals surface area contributed by atoms with E-state index < -0.39 is 0 Å². The zero-order valence-corrected chi connectivity index (χ0v) is 10.4. The summed E-state index contributed by atoms with van der Waals surface area (Å²) in [7, 11) is 0. The Hall–Kier alpha value is -0.830. The minimum absolute atomic E-state index is 0.185. The minimum Gasteiger partial charge on any atom is -0.353 e. The van der Waals surface area contributed by atoms with Gasteiger partial charge in [0.25, 0.3) is 0 Å². The van der Waals surface area contributed by atoms with Gasteiger partial charge in [0.05, 0.1) is 6.42 Å². The molecule has 1 saturated carbocycles. The Kier molecular flexibility index (Phi) is 4.40. The fourth-order valence-electron chi connectivity index (χ4n) is 2.28. The van der Waals surface area contributed by atoms with Gasteiger partial charge in [-0.1, -0.05) is 25.7 Å². The Morgan fingerprint density at radius 3 is 2.69 bits per heavy atom. The summed E-state index contributed by atoms with van der Waals surface area (Å²) in [6, 6.07) is 2.45. The summed E-state index contributed by atoms with van der Waals surface area (Å²) >= 11 is 1.65. The number of rotatable bonds is 3. The lowest BCUT2D eigenvalue weighted by molar-refractivity contribution is -0.121. The van der Waals surface area contributed by atoms with E-state index in [4.69, 9.17) is 0 Å². The molecule has 3 heteroatoms. The average molecular weight is 237 g/mol. The van der Waals surface area contributed by atoms with Crippen LogP contribution in [0.2, 0.25) is 0 Å². The van der Waals surface area contributed by atoms with Crippen molar-refractivity contribution in [2.75, 3.05) is 0 Å². The zero-order chi connectivity index (χ0) is 11.2. The van der Waals surface area contributed by atoms with Crippen LogP contribution in [0.1, 0.15) is 44.1 Å². The lowest BCUT2D eigenvalue weighted by Crippen LogP contribution is -2.35. The van der Waals surface area contributed by atoms with Crippen LogP contribution in [0.3, 0.4) is 0 Å². The Morgan fingerprint density at radius 2 is 2.06 bits per heavy atom. The highest BCUT2D eigenvalue weighted by Gasteiger charge is 2.14. The molecule has 1 amide bonds. The van der Waals surface area contributed by atoms with Gasteiger partial charge < -0.3 is 5.32 Å². The van der Waals surface area contributed by atoms with Crippen molar-refractivity contribution >= 4 is 17.2 Å². The molecule has 0 aliphatic heterocycles. The first kappa shape index (κ1) is 11.6. The third kappa shape index (κ3) is 3.63. The second kappa shape index (κ2) is 6.04. The van der Waals surface area contributed by atoms with E-state index in [1.165, 1.54) is 25.7 Å². The van der Waals surface area contributed by atoms with Crippen LogP contribution >= 0.6 is 11.3 Å². The summed E-state index contributed by atoms with van der Waals surface area (Å²) in [4.78, 5) is 11.8. The lowest BCUT2D eigenvalue weighted by atomic mass is 10.1. The molecule has 1 aromatic rings. The highest BCUT2D eigenvalue weighted by atomic mass is 32.1. The molecular formula is C13H19NOS. The molecule has 0 aromatic carbocycles. The summed E-state index contributed by atoms with van der Waals surface area (Å²) in [6.07, 6.45) is 8.06. The highest BCUT2D eigenvalue weighted by molar-refractivity contribution is 7.07. The standard InChI is InChI=1S/C13H19NOS/c15-13(9-11-7-8-16-10-11)14-12-5-3-1-2-4-6-12/h7-8,10,12H,1-6,9H2,(H,14,15). The van der Waals surface area contributed by atoms with Crippen molar-refractivity contribution in [2.45, 2.75) is 51.0 Å². The number of hydrogen-bond donors (Lipinski definition) is 1. The molecule has 1 N–H and O–H groups in total. The van der Waals surface area contributed by atoms with Gasteiger partial charge in [0.1, 0.15) is 0 Å². The third-order valence-electron chi connectivity index (χ3n) is 3.17. The van der Waals surface area contributed by atoms with Crippen molar-refractivity contribution in [1.29, 1.82) is 0 Å². The molecule has 1 heterocycles. The molecule has 0 saturated heterocycles. The second-order valence-corrected chi connectivity index (χ2v) is 5.34. The van der Waals surface area contributed by atoms with Crippen molar-refractivity contribution in [1.82, 2.24) is 5.32 Å². The van der Waals surface area contributed by atoms with Crippen molar-refractivity contribution in [2.24, 2.45) is 0 Å². The first-order chi connectivity index (χ1) is 7.84. The first-order valence-electron chi connectivity index (χ1n) is 6.15. The molecule has 16 heavy (non-hydrogen) atoms. The largest absolute Gasteiger partial charge is 0.353 e. The maximum absolute atomic E-state index is 11.8. The van der Waals surface area contributed by atoms with Crippen molar-refractivity contribution in [3.63, 3.8) is 0 Å². The van der Waals surface area contributed by atoms with E-state index in [1.807, 2.05) is 16.8 Å². The molecule has 1 fully saturated rings. The predicted molar refractivity (Wildman–Crippen MR) is 67.7 cm³/mol. The molecule has 0 bridgehead atoms. The lowest BCUT2D eigenvalue weighted by Gasteiger charge is -2.15. The van der Waals surface area contributed by atoms with Gasteiger partial charge in [-0.05, 0) is 35.2 Å². The van der Waals surface area contributed by atoms with E-state index in [9.17, 15) is 4.79 Å². The van der Waals surface area contributed by atoms with Crippen LogP contribution in [0.15, 0.2) is 16.8 Å². The maximum Gasteiger partial charge on any atom is 0.224 e. The van der Waals surface area contributed by atoms with E-state index in [-0.39, 0.29) is 5.91 Å². The molecule has 1 aliphatic rings. The molecule has 88 valence electrons. The van der Waals surface area contributed by atoms with E-state index in [2.05, 4.69) is 5.32 Å². The van der Waals surface area contributed by atoms with Crippen LogP contribution in [-0.4, -0.2) is 11.9 Å². The first-order valence-corrected chi connectivity index (χ1v) is 7.09. The molecular weight excluding hydrogens is 218 g/mol. The number of carbonyl (C=O) groups is 1. The van der Waals surface area contributed by atoms with Crippen LogP contribution in [0.25, 0.3) is 0 Å². The molecule has 0 unspecified atom stereocenters. The molecule has 1 aromatic heterocycles. The Bertz CT molecular complexity index is 313. The van der Waals surface area contributed by atoms with Crippen LogP contribution in [0.5, 0.6) is 0 Å². The fraction of sp³-hybridized carbons (Fsp3) is 0.615. The number of hydrogen-bond acceptors (Lipinski definition) is 2. The Labute approximate surface area is 101 Å². The second-order valence-electron chi connectivity index (χ2n) is 4.56. The number of thiophene rings is 1. The average Bonchev–Trinajstić information content (AvgIpc) is 2.62. The summed E-state index contributed by atoms with van der Waals surface area (Å²) < 4.78 is 0. The van der Waals surface area contributed by atoms with Crippen LogP contribution in [0.4, 0.5) is 0 Å². The minimum atomic E-state index is 0.185. The maximum atomic E-state index is 11.8. The molecule has 0 radical (unpaired) electrons. The van der Waals surface area contributed by atoms with Crippen LogP contribution in [0, 0.1) is 0 Å². The van der Waals surface area contributed by atoms with Crippen LogP contribution in [-0.2, 0) is 11.2 Å². The summed E-state index contributed by atoms with van der Waals surface area (Å²) in [6.45, 7) is 0. The summed E-state index contributed by atoms with van der Waals surface area (Å²) in [5.74, 6) is 0.185. The van der Waals surface area contributed by atoms with Gasteiger partial charge in [-0.25, -0.2) is 0 Å². The van der Waals surface area contributed by atoms with E-state index in [0.717, 1.165) is 18.4 Å². The Morgan fingerprint density at radius 1 is 1.31 bits per heavy atom. The monoisotopic (exact) mass is 237 g/mol. The van der Waals surface area contributed by atoms with E-state index >= 15 is 0 Å². The molecule has 1 aliphatic carbocycles. The van der Waals surface area contributed by atoms with Gasteiger partial charge in [0, 0.05) is 6.04 Å². The smallest absolute Gasteiger partial charge is 0.224 e. The van der Waals surface area contributed by atoms with Gasteiger partial charge in [-0.15, -0.1) is 0 Å². The number of carbonyl (C=O) groups excluding carboxylic acids is 1. The van der Waals surface area contributed by atoms with Crippen molar-refractivity contribution < 1.29 is 4.79 Å². The number of amides is 1. The van der Waals surface area contributed by atoms with Gasteiger partial charge >= 0.3 is 0 Å². The van der Waals surface area contributed by atoms with Gasteiger partial charge in [-0.3, -0.25) is 4.79 Å². The SMILES string of the molecule is O=C(Cc1ccsc1)NC1CCCCCC1. The summed E-state index contributed by atoms with van der Waals surface area (Å²) in [5, 5.41) is 7.23.